The van der Waals surface area contributed by atoms with Gasteiger partial charge in [0.25, 0.3) is 0 Å². The minimum absolute atomic E-state index is 0.555. The van der Waals surface area contributed by atoms with Crippen LogP contribution in [0, 0.1) is 0 Å². The largest absolute Gasteiger partial charge is 0.309 e. The maximum Gasteiger partial charge on any atom is 0.240 e. The van der Waals surface area contributed by atoms with Crippen LogP contribution in [-0.2, 0) is 0 Å². The zero-order valence-electron chi connectivity index (χ0n) is 30.7. The second-order valence-electron chi connectivity index (χ2n) is 14.5. The lowest BCUT2D eigenvalue weighted by molar-refractivity contribution is 0.894. The molecular weight excluding hydrogens is 697 g/mol. The summed E-state index contributed by atoms with van der Waals surface area (Å²) in [6.45, 7) is 0. The Labute approximate surface area is 327 Å². The van der Waals surface area contributed by atoms with Crippen molar-refractivity contribution < 1.29 is 0 Å². The maximum absolute atomic E-state index is 5.46. The van der Waals surface area contributed by atoms with Crippen molar-refractivity contribution in [2.24, 2.45) is 0 Å². The molecule has 0 amide bonds. The van der Waals surface area contributed by atoms with Gasteiger partial charge in [-0.1, -0.05) is 152 Å². The van der Waals surface area contributed by atoms with E-state index in [2.05, 4.69) is 202 Å². The number of rotatable bonds is 5. The molecule has 0 N–H and O–H groups in total. The first-order valence-electron chi connectivity index (χ1n) is 19.2. The van der Waals surface area contributed by atoms with Crippen LogP contribution in [0.15, 0.2) is 194 Å². The van der Waals surface area contributed by atoms with Crippen molar-refractivity contribution in [1.29, 1.82) is 0 Å². The normalized spacial score (nSPS) is 11.9. The number of aromatic nitrogens is 6. The molecule has 4 aromatic heterocycles. The molecule has 6 heteroatoms. The van der Waals surface area contributed by atoms with Crippen LogP contribution in [0.4, 0.5) is 0 Å². The average molecular weight is 729 g/mol. The summed E-state index contributed by atoms with van der Waals surface area (Å²) in [6.07, 6.45) is 0. The lowest BCUT2D eigenvalue weighted by Gasteiger charge is -2.13. The molecule has 57 heavy (non-hydrogen) atoms. The molecule has 266 valence electrons. The van der Waals surface area contributed by atoms with Crippen molar-refractivity contribution in [2.75, 3.05) is 0 Å². The van der Waals surface area contributed by atoms with E-state index >= 15 is 0 Å². The van der Waals surface area contributed by atoms with Crippen LogP contribution >= 0.6 is 0 Å². The van der Waals surface area contributed by atoms with Gasteiger partial charge >= 0.3 is 0 Å². The van der Waals surface area contributed by atoms with Crippen molar-refractivity contribution in [1.82, 2.24) is 28.7 Å². The Morgan fingerprint density at radius 2 is 0.737 bits per heavy atom. The fraction of sp³-hybridized carbons (Fsp3) is 0. The summed E-state index contributed by atoms with van der Waals surface area (Å²) in [5.41, 5.74) is 10.7. The first-order valence-corrected chi connectivity index (χ1v) is 19.2. The van der Waals surface area contributed by atoms with Crippen LogP contribution in [0.3, 0.4) is 0 Å². The molecule has 8 aromatic carbocycles. The fourth-order valence-electron chi connectivity index (χ4n) is 8.83. The molecule has 0 aliphatic heterocycles. The molecule has 0 radical (unpaired) electrons. The minimum atomic E-state index is 0.555. The predicted molar refractivity (Wildman–Crippen MR) is 234 cm³/mol. The van der Waals surface area contributed by atoms with E-state index < -0.39 is 0 Å². The summed E-state index contributed by atoms with van der Waals surface area (Å²) in [6, 6.07) is 68.4. The molecule has 0 bridgehead atoms. The van der Waals surface area contributed by atoms with Gasteiger partial charge in [-0.3, -0.25) is 9.13 Å². The highest BCUT2D eigenvalue weighted by Crippen LogP contribution is 2.42. The van der Waals surface area contributed by atoms with Crippen LogP contribution in [0.1, 0.15) is 0 Å². The van der Waals surface area contributed by atoms with Crippen LogP contribution in [0.2, 0.25) is 0 Å². The molecule has 0 aliphatic carbocycles. The van der Waals surface area contributed by atoms with Gasteiger partial charge in [0.2, 0.25) is 11.9 Å². The molecule has 4 heterocycles. The molecule has 6 nitrogen and oxygen atoms in total. The zero-order chi connectivity index (χ0) is 37.5. The average Bonchev–Trinajstić information content (AvgIpc) is 3.93. The van der Waals surface area contributed by atoms with Gasteiger partial charge in [0.05, 0.1) is 33.1 Å². The highest BCUT2D eigenvalue weighted by molar-refractivity contribution is 6.26. The number of fused-ring (bicyclic) bond motifs is 10. The molecule has 0 saturated carbocycles. The highest BCUT2D eigenvalue weighted by Gasteiger charge is 2.24. The number of hydrogen-bond donors (Lipinski definition) is 0. The number of benzene rings is 8. The third kappa shape index (κ3) is 4.74. The number of para-hydroxylation sites is 5. The Morgan fingerprint density at radius 3 is 1.37 bits per heavy atom. The Kier molecular flexibility index (Phi) is 6.83. The standard InChI is InChI=1S/C51H32N6/c1-3-15-33(16-4-1)34-27-29-35(30-28-34)49-52-50(56-42-23-11-7-19-37(42)38-20-8-12-24-43(38)56)54-51(53-49)57-44-25-13-9-21-39(44)40-31-32-46-47(48(40)57)41-22-10-14-26-45(41)55(46)36-17-5-2-6-18-36/h1-32H. The predicted octanol–water partition coefficient (Wildman–Crippen LogP) is 12.5. The summed E-state index contributed by atoms with van der Waals surface area (Å²) in [7, 11) is 0. The second-order valence-corrected chi connectivity index (χ2v) is 14.5. The monoisotopic (exact) mass is 728 g/mol. The van der Waals surface area contributed by atoms with Gasteiger partial charge in [0.1, 0.15) is 0 Å². The smallest absolute Gasteiger partial charge is 0.240 e. The van der Waals surface area contributed by atoms with Gasteiger partial charge in [0.15, 0.2) is 5.82 Å². The molecule has 0 fully saturated rings. The van der Waals surface area contributed by atoms with E-state index in [1.54, 1.807) is 0 Å². The van der Waals surface area contributed by atoms with Crippen molar-refractivity contribution in [2.45, 2.75) is 0 Å². The maximum atomic E-state index is 5.46. The molecule has 0 saturated heterocycles. The van der Waals surface area contributed by atoms with Gasteiger partial charge in [0, 0.05) is 43.6 Å². The topological polar surface area (TPSA) is 53.5 Å². The van der Waals surface area contributed by atoms with Crippen molar-refractivity contribution in [3.8, 4) is 40.1 Å². The highest BCUT2D eigenvalue weighted by atomic mass is 15.3. The summed E-state index contributed by atoms with van der Waals surface area (Å²) in [5, 5.41) is 6.89. The number of nitrogens with zero attached hydrogens (tertiary/aromatic N) is 6. The summed E-state index contributed by atoms with van der Waals surface area (Å²) < 4.78 is 6.81. The van der Waals surface area contributed by atoms with E-state index in [0.29, 0.717) is 17.7 Å². The van der Waals surface area contributed by atoms with Crippen molar-refractivity contribution >= 4 is 65.4 Å². The SMILES string of the molecule is c1ccc(-c2ccc(-c3nc(-n4c5ccccc5c5ccccc54)nc(-n4c5ccccc5c5ccc6c(c7ccccc7n6-c6ccccc6)c54)n3)cc2)cc1. The van der Waals surface area contributed by atoms with E-state index in [-0.39, 0.29) is 0 Å². The fourth-order valence-corrected chi connectivity index (χ4v) is 8.83. The first kappa shape index (κ1) is 31.5. The second kappa shape index (κ2) is 12.3. The number of hydrogen-bond acceptors (Lipinski definition) is 3. The van der Waals surface area contributed by atoms with E-state index in [1.165, 1.54) is 5.39 Å². The third-order valence-corrected chi connectivity index (χ3v) is 11.3. The molecule has 12 rings (SSSR count). The molecular formula is C51H32N6. The molecule has 0 aliphatic rings. The van der Waals surface area contributed by atoms with Gasteiger partial charge in [-0.2, -0.15) is 15.0 Å². The molecule has 0 atom stereocenters. The van der Waals surface area contributed by atoms with Crippen molar-refractivity contribution in [3.05, 3.63) is 194 Å². The van der Waals surface area contributed by atoms with E-state index in [4.69, 9.17) is 15.0 Å². The Hall–Kier alpha value is -7.83. The van der Waals surface area contributed by atoms with Crippen LogP contribution in [0.25, 0.3) is 106 Å². The quantitative estimate of drug-likeness (QED) is 0.177. The Balaban J connectivity index is 1.20. The van der Waals surface area contributed by atoms with Gasteiger partial charge in [-0.25, -0.2) is 0 Å². The molecule has 0 unspecified atom stereocenters. The Bertz CT molecular complexity index is 3450. The first-order chi connectivity index (χ1) is 28.3. The third-order valence-electron chi connectivity index (χ3n) is 11.3. The zero-order valence-corrected chi connectivity index (χ0v) is 30.7. The van der Waals surface area contributed by atoms with Crippen LogP contribution < -0.4 is 0 Å². The summed E-state index contributed by atoms with van der Waals surface area (Å²) >= 11 is 0. The van der Waals surface area contributed by atoms with E-state index in [1.807, 2.05) is 6.07 Å². The molecule has 12 aromatic rings. The van der Waals surface area contributed by atoms with Crippen LogP contribution in [0.5, 0.6) is 0 Å². The lowest BCUT2D eigenvalue weighted by atomic mass is 10.0. The van der Waals surface area contributed by atoms with Gasteiger partial charge < -0.3 is 4.57 Å². The Morgan fingerprint density at radius 1 is 0.281 bits per heavy atom. The molecule has 0 spiro atoms. The van der Waals surface area contributed by atoms with E-state index in [9.17, 15) is 0 Å². The summed E-state index contributed by atoms with van der Waals surface area (Å²) in [4.78, 5) is 16.1. The van der Waals surface area contributed by atoms with Crippen LogP contribution in [-0.4, -0.2) is 28.7 Å². The summed E-state index contributed by atoms with van der Waals surface area (Å²) in [5.74, 6) is 1.71. The van der Waals surface area contributed by atoms with Gasteiger partial charge in [-0.15, -0.1) is 0 Å². The van der Waals surface area contributed by atoms with Crippen molar-refractivity contribution in [3.63, 3.8) is 0 Å². The minimum Gasteiger partial charge on any atom is -0.309 e. The lowest BCUT2D eigenvalue weighted by Crippen LogP contribution is -2.10. The van der Waals surface area contributed by atoms with Gasteiger partial charge in [-0.05, 0) is 53.6 Å². The van der Waals surface area contributed by atoms with E-state index in [0.717, 1.165) is 82.4 Å².